The number of fused-ring (bicyclic) bond motifs is 6. The van der Waals surface area contributed by atoms with E-state index in [4.69, 9.17) is 10.1 Å². The van der Waals surface area contributed by atoms with Crippen molar-refractivity contribution in [3.05, 3.63) is 64.2 Å². The summed E-state index contributed by atoms with van der Waals surface area (Å²) in [5, 5.41) is 26.6. The molecule has 5 aliphatic rings. The number of amides is 2. The molecular weight excluding hydrogens is 480 g/mol. The van der Waals surface area contributed by atoms with Gasteiger partial charge in [0.2, 0.25) is 5.91 Å². The summed E-state index contributed by atoms with van der Waals surface area (Å²) < 4.78 is 5.88. The Balaban J connectivity index is 1.42. The van der Waals surface area contributed by atoms with Crippen LogP contribution in [0.2, 0.25) is 0 Å². The average Bonchev–Trinajstić information content (AvgIpc) is 3.14. The van der Waals surface area contributed by atoms with Crippen molar-refractivity contribution in [2.24, 2.45) is 0 Å². The van der Waals surface area contributed by atoms with Crippen LogP contribution < -0.4 is 15.4 Å². The Labute approximate surface area is 223 Å². The molecule has 0 radical (unpaired) electrons. The smallest absolute Gasteiger partial charge is 0.251 e. The summed E-state index contributed by atoms with van der Waals surface area (Å²) in [5.74, 6) is 0.402. The van der Waals surface area contributed by atoms with Gasteiger partial charge in [0.15, 0.2) is 5.96 Å². The molecule has 7 rings (SSSR count). The van der Waals surface area contributed by atoms with E-state index in [9.17, 15) is 14.7 Å². The Kier molecular flexibility index (Phi) is 5.98. The fourth-order valence-electron chi connectivity index (χ4n) is 6.80. The maximum Gasteiger partial charge on any atom is 0.251 e. The number of hydrogen-bond donors (Lipinski definition) is 4. The summed E-state index contributed by atoms with van der Waals surface area (Å²) in [6, 6.07) is 10.7. The lowest BCUT2D eigenvalue weighted by molar-refractivity contribution is -0.133. The van der Waals surface area contributed by atoms with Crippen LogP contribution in [0.15, 0.2) is 36.4 Å². The zero-order chi connectivity index (χ0) is 26.7. The monoisotopic (exact) mass is 516 g/mol. The van der Waals surface area contributed by atoms with E-state index in [-0.39, 0.29) is 23.8 Å². The summed E-state index contributed by atoms with van der Waals surface area (Å²) in [4.78, 5) is 28.7. The van der Waals surface area contributed by atoms with Crippen LogP contribution in [0.4, 0.5) is 0 Å². The number of aliphatic hydroxyl groups is 1. The molecule has 2 amide bonds. The third-order valence-electron chi connectivity index (χ3n) is 8.99. The van der Waals surface area contributed by atoms with Crippen molar-refractivity contribution in [1.82, 2.24) is 15.5 Å². The van der Waals surface area contributed by atoms with E-state index in [0.717, 1.165) is 48.8 Å². The zero-order valence-electron chi connectivity index (χ0n) is 22.1. The number of aryl methyl sites for hydroxylation is 1. The molecule has 0 saturated carbocycles. The van der Waals surface area contributed by atoms with Crippen LogP contribution in [0.25, 0.3) is 0 Å². The standard InChI is InChI=1S/C30H36N4O4/c1-3-30-12-5-4-6-18-7-8-20-16-29(2,37)26(21(20)14-18)32-27(36)19-9-10-24-22(15-19)23(11-13-38-24)34(25(35)17-30)28(31)33-30/h7-10,14-15,23,26,37H,3-6,11-13,16-17H2,1-2H3,(H2,31,33)(H,32,36)/t23-,26-,29-,30-/m1/s1. The second-order valence-corrected chi connectivity index (χ2v) is 11.6. The highest BCUT2D eigenvalue weighted by Crippen LogP contribution is 2.42. The lowest BCUT2D eigenvalue weighted by Gasteiger charge is -2.46. The van der Waals surface area contributed by atoms with Crippen molar-refractivity contribution < 1.29 is 19.4 Å². The minimum absolute atomic E-state index is 0.0633. The van der Waals surface area contributed by atoms with Gasteiger partial charge >= 0.3 is 0 Å². The summed E-state index contributed by atoms with van der Waals surface area (Å²) in [6.45, 7) is 4.29. The van der Waals surface area contributed by atoms with Crippen molar-refractivity contribution >= 4 is 17.8 Å². The number of nitrogens with one attached hydrogen (secondary N) is 3. The predicted octanol–water partition coefficient (Wildman–Crippen LogP) is 3.92. The van der Waals surface area contributed by atoms with Crippen LogP contribution in [0.3, 0.4) is 0 Å². The van der Waals surface area contributed by atoms with Crippen molar-refractivity contribution in [2.45, 2.75) is 88.4 Å². The van der Waals surface area contributed by atoms with E-state index >= 15 is 0 Å². The first-order valence-electron chi connectivity index (χ1n) is 13.8. The van der Waals surface area contributed by atoms with Crippen LogP contribution >= 0.6 is 0 Å². The number of ether oxygens (including phenoxy) is 1. The number of carbonyl (C=O) groups is 2. The van der Waals surface area contributed by atoms with Gasteiger partial charge in [-0.05, 0) is 67.5 Å². The number of benzene rings is 2. The maximum absolute atomic E-state index is 13.6. The third kappa shape index (κ3) is 4.15. The predicted molar refractivity (Wildman–Crippen MR) is 143 cm³/mol. The van der Waals surface area contributed by atoms with Gasteiger partial charge < -0.3 is 20.5 Å². The first-order valence-corrected chi connectivity index (χ1v) is 13.8. The molecule has 1 saturated heterocycles. The molecule has 4 atom stereocenters. The lowest BCUT2D eigenvalue weighted by Crippen LogP contribution is -2.63. The number of nitrogens with zero attached hydrogens (tertiary/aromatic N) is 1. The van der Waals surface area contributed by atoms with E-state index < -0.39 is 17.2 Å². The number of guanidine groups is 1. The minimum Gasteiger partial charge on any atom is -0.493 e. The van der Waals surface area contributed by atoms with Gasteiger partial charge in [0.25, 0.3) is 5.91 Å². The van der Waals surface area contributed by atoms with Gasteiger partial charge in [-0.2, -0.15) is 0 Å². The van der Waals surface area contributed by atoms with Gasteiger partial charge in [-0.1, -0.05) is 31.5 Å². The van der Waals surface area contributed by atoms with Gasteiger partial charge in [-0.3, -0.25) is 19.9 Å². The van der Waals surface area contributed by atoms with Crippen molar-refractivity contribution in [1.29, 1.82) is 5.41 Å². The molecule has 8 heteroatoms. The normalized spacial score (nSPS) is 30.7. The van der Waals surface area contributed by atoms with Crippen molar-refractivity contribution in [3.8, 4) is 5.75 Å². The molecule has 1 aliphatic carbocycles. The van der Waals surface area contributed by atoms with Crippen LogP contribution in [0.5, 0.6) is 5.75 Å². The van der Waals surface area contributed by atoms with Crippen LogP contribution in [0, 0.1) is 5.41 Å². The molecule has 200 valence electrons. The number of carbonyl (C=O) groups excluding carboxylic acids is 2. The molecule has 2 aromatic rings. The topological polar surface area (TPSA) is 115 Å². The fourth-order valence-corrected chi connectivity index (χ4v) is 6.80. The van der Waals surface area contributed by atoms with Gasteiger partial charge in [0.1, 0.15) is 5.75 Å². The molecule has 8 nitrogen and oxygen atoms in total. The van der Waals surface area contributed by atoms with Gasteiger partial charge in [-0.25, -0.2) is 0 Å². The molecule has 4 N–H and O–H groups in total. The second kappa shape index (κ2) is 9.12. The molecule has 0 unspecified atom stereocenters. The number of rotatable bonds is 1. The molecule has 38 heavy (non-hydrogen) atoms. The summed E-state index contributed by atoms with van der Waals surface area (Å²) in [5.41, 5.74) is 2.87. The lowest BCUT2D eigenvalue weighted by atomic mass is 9.83. The summed E-state index contributed by atoms with van der Waals surface area (Å²) in [6.07, 6.45) is 5.71. The minimum atomic E-state index is -1.09. The Bertz CT molecular complexity index is 1300. The Hall–Kier alpha value is -3.39. The highest BCUT2D eigenvalue weighted by molar-refractivity contribution is 6.00. The van der Waals surface area contributed by atoms with Crippen molar-refractivity contribution in [2.75, 3.05) is 6.61 Å². The van der Waals surface area contributed by atoms with Gasteiger partial charge in [0.05, 0.1) is 30.7 Å². The third-order valence-corrected chi connectivity index (χ3v) is 8.99. The van der Waals surface area contributed by atoms with E-state index in [1.54, 1.807) is 30.0 Å². The molecule has 6 bridgehead atoms. The average molecular weight is 517 g/mol. The summed E-state index contributed by atoms with van der Waals surface area (Å²) in [7, 11) is 0. The van der Waals surface area contributed by atoms with Crippen molar-refractivity contribution in [3.63, 3.8) is 0 Å². The van der Waals surface area contributed by atoms with E-state index in [2.05, 4.69) is 35.8 Å². The molecule has 0 spiro atoms. The van der Waals surface area contributed by atoms with Gasteiger partial charge in [-0.15, -0.1) is 0 Å². The first-order chi connectivity index (χ1) is 18.2. The zero-order valence-corrected chi connectivity index (χ0v) is 22.1. The Morgan fingerprint density at radius 3 is 2.76 bits per heavy atom. The molecule has 4 heterocycles. The maximum atomic E-state index is 13.6. The van der Waals surface area contributed by atoms with Crippen LogP contribution in [-0.4, -0.2) is 45.5 Å². The first kappa shape index (κ1) is 24.9. The molecule has 4 aliphatic heterocycles. The van der Waals surface area contributed by atoms with Gasteiger partial charge in [0, 0.05) is 29.5 Å². The fraction of sp³-hybridized carbons (Fsp3) is 0.500. The largest absolute Gasteiger partial charge is 0.493 e. The Morgan fingerprint density at radius 1 is 1.13 bits per heavy atom. The second-order valence-electron chi connectivity index (χ2n) is 11.6. The quantitative estimate of drug-likeness (QED) is 0.459. The molecule has 1 fully saturated rings. The SMILES string of the molecule is CC[C@]12CCCCc3ccc4c(c3)[C@@H](NC(=O)c3ccc5c(c3)[C@@H](CCO5)N(C(=N)N1)C(=O)C2)[C@](C)(O)C4. The molecule has 2 aromatic carbocycles. The summed E-state index contributed by atoms with van der Waals surface area (Å²) >= 11 is 0. The van der Waals surface area contributed by atoms with Crippen LogP contribution in [-0.2, 0) is 17.6 Å². The Morgan fingerprint density at radius 2 is 1.97 bits per heavy atom. The highest BCUT2D eigenvalue weighted by Gasteiger charge is 2.45. The van der Waals surface area contributed by atoms with E-state index in [1.165, 1.54) is 5.56 Å². The molecule has 0 aromatic heterocycles. The number of hydrogen-bond acceptors (Lipinski definition) is 5. The molecular formula is C30H36N4O4. The van der Waals surface area contributed by atoms with E-state index in [0.29, 0.717) is 37.2 Å². The van der Waals surface area contributed by atoms with E-state index in [1.807, 2.05) is 0 Å². The van der Waals surface area contributed by atoms with Crippen LogP contribution in [0.1, 0.15) is 97.1 Å². The highest BCUT2D eigenvalue weighted by atomic mass is 16.5.